The zero-order valence-corrected chi connectivity index (χ0v) is 18.8. The molecule has 2 aromatic carbocycles. The highest BCUT2D eigenvalue weighted by Gasteiger charge is 2.22. The SMILES string of the molecule is Cc1cc(Cn2c(NCCN)nc3c(N4CCC(N)CC4)cc(Cl)cc32)cc(C)c1F. The summed E-state index contributed by atoms with van der Waals surface area (Å²) in [6, 6.07) is 7.95. The molecule has 166 valence electrons. The molecule has 1 aliphatic rings. The van der Waals surface area contributed by atoms with Gasteiger partial charge in [-0.15, -0.1) is 0 Å². The Morgan fingerprint density at radius 2 is 1.84 bits per heavy atom. The normalized spacial score (nSPS) is 15.1. The zero-order valence-electron chi connectivity index (χ0n) is 18.1. The van der Waals surface area contributed by atoms with E-state index >= 15 is 0 Å². The van der Waals surface area contributed by atoms with Crippen molar-refractivity contribution in [2.45, 2.75) is 39.3 Å². The lowest BCUT2D eigenvalue weighted by atomic mass is 10.0. The van der Waals surface area contributed by atoms with Crippen LogP contribution in [0, 0.1) is 19.7 Å². The van der Waals surface area contributed by atoms with Gasteiger partial charge in [-0.25, -0.2) is 9.37 Å². The number of aromatic nitrogens is 2. The van der Waals surface area contributed by atoms with Crippen LogP contribution in [0.4, 0.5) is 16.0 Å². The third-order valence-corrected chi connectivity index (χ3v) is 6.16. The Hall–Kier alpha value is -2.35. The molecule has 0 radical (unpaired) electrons. The molecule has 3 aromatic rings. The molecule has 4 rings (SSSR count). The molecule has 0 spiro atoms. The number of aryl methyl sites for hydroxylation is 2. The predicted octanol–water partition coefficient (Wildman–Crippen LogP) is 3.79. The van der Waals surface area contributed by atoms with Crippen molar-refractivity contribution in [3.63, 3.8) is 0 Å². The largest absolute Gasteiger partial charge is 0.370 e. The fourth-order valence-corrected chi connectivity index (χ4v) is 4.55. The van der Waals surface area contributed by atoms with Crippen LogP contribution in [0.15, 0.2) is 24.3 Å². The summed E-state index contributed by atoms with van der Waals surface area (Å²) in [6.07, 6.45) is 1.89. The summed E-state index contributed by atoms with van der Waals surface area (Å²) in [4.78, 5) is 7.25. The summed E-state index contributed by atoms with van der Waals surface area (Å²) in [5.74, 6) is 0.576. The fourth-order valence-electron chi connectivity index (χ4n) is 4.34. The van der Waals surface area contributed by atoms with Crippen molar-refractivity contribution in [1.29, 1.82) is 0 Å². The number of benzene rings is 2. The average molecular weight is 445 g/mol. The molecule has 5 N–H and O–H groups in total. The van der Waals surface area contributed by atoms with Crippen molar-refractivity contribution in [2.24, 2.45) is 11.5 Å². The van der Waals surface area contributed by atoms with Gasteiger partial charge in [-0.1, -0.05) is 23.7 Å². The zero-order chi connectivity index (χ0) is 22.1. The van der Waals surface area contributed by atoms with E-state index < -0.39 is 0 Å². The summed E-state index contributed by atoms with van der Waals surface area (Å²) in [7, 11) is 0. The van der Waals surface area contributed by atoms with Crippen LogP contribution in [0.5, 0.6) is 0 Å². The highest BCUT2D eigenvalue weighted by Crippen LogP contribution is 2.34. The van der Waals surface area contributed by atoms with Crippen LogP contribution in [-0.2, 0) is 6.54 Å². The maximum atomic E-state index is 14.2. The van der Waals surface area contributed by atoms with Gasteiger partial charge < -0.3 is 26.3 Å². The molecule has 8 heteroatoms. The number of halogens is 2. The van der Waals surface area contributed by atoms with E-state index in [4.69, 9.17) is 28.1 Å². The van der Waals surface area contributed by atoms with Crippen LogP contribution in [0.2, 0.25) is 5.02 Å². The van der Waals surface area contributed by atoms with Gasteiger partial charge in [0.05, 0.1) is 17.7 Å². The lowest BCUT2D eigenvalue weighted by Gasteiger charge is -2.32. The monoisotopic (exact) mass is 444 g/mol. The van der Waals surface area contributed by atoms with Crippen LogP contribution in [0.3, 0.4) is 0 Å². The number of anilines is 2. The molecule has 1 aliphatic heterocycles. The maximum Gasteiger partial charge on any atom is 0.204 e. The van der Waals surface area contributed by atoms with Gasteiger partial charge in [-0.2, -0.15) is 0 Å². The van der Waals surface area contributed by atoms with E-state index in [1.165, 1.54) is 0 Å². The van der Waals surface area contributed by atoms with Gasteiger partial charge in [0.2, 0.25) is 5.95 Å². The number of piperidine rings is 1. The molecule has 0 atom stereocenters. The summed E-state index contributed by atoms with van der Waals surface area (Å²) >= 11 is 6.55. The van der Waals surface area contributed by atoms with Crippen LogP contribution in [0.25, 0.3) is 11.0 Å². The fraction of sp³-hybridized carbons (Fsp3) is 0.435. The third kappa shape index (κ3) is 4.49. The maximum absolute atomic E-state index is 14.2. The van der Waals surface area contributed by atoms with Gasteiger partial charge in [0.1, 0.15) is 11.3 Å². The minimum Gasteiger partial charge on any atom is -0.370 e. The molecular weight excluding hydrogens is 415 g/mol. The first-order valence-corrected chi connectivity index (χ1v) is 11.1. The number of fused-ring (bicyclic) bond motifs is 1. The van der Waals surface area contributed by atoms with E-state index in [0.29, 0.717) is 35.8 Å². The lowest BCUT2D eigenvalue weighted by Crippen LogP contribution is -2.39. The molecule has 1 saturated heterocycles. The predicted molar refractivity (Wildman–Crippen MR) is 127 cm³/mol. The first-order valence-electron chi connectivity index (χ1n) is 10.8. The van der Waals surface area contributed by atoms with E-state index in [1.807, 2.05) is 24.3 Å². The van der Waals surface area contributed by atoms with Crippen LogP contribution in [0.1, 0.15) is 29.5 Å². The number of imidazole rings is 1. The molecule has 1 aromatic heterocycles. The molecule has 0 aliphatic carbocycles. The Labute approximate surface area is 187 Å². The van der Waals surface area contributed by atoms with Gasteiger partial charge in [0.25, 0.3) is 0 Å². The molecule has 6 nitrogen and oxygen atoms in total. The standard InChI is InChI=1S/C23H30ClFN6/c1-14-9-16(10-15(2)21(14)25)13-31-20-12-17(24)11-19(30-7-3-18(27)4-8-30)22(20)29-23(31)28-6-5-26/h9-12,18H,3-8,13,26-27H2,1-2H3,(H,28,29). The van der Waals surface area contributed by atoms with Crippen molar-refractivity contribution in [1.82, 2.24) is 9.55 Å². The topological polar surface area (TPSA) is 85.1 Å². The quantitative estimate of drug-likeness (QED) is 0.538. The summed E-state index contributed by atoms with van der Waals surface area (Å²) in [6.45, 7) is 7.00. The van der Waals surface area contributed by atoms with Crippen LogP contribution >= 0.6 is 11.6 Å². The van der Waals surface area contributed by atoms with Crippen molar-refractivity contribution in [3.05, 3.63) is 51.8 Å². The number of hydrogen-bond donors (Lipinski definition) is 3. The van der Waals surface area contributed by atoms with Gasteiger partial charge in [0, 0.05) is 37.2 Å². The molecule has 0 saturated carbocycles. The van der Waals surface area contributed by atoms with E-state index in [9.17, 15) is 4.39 Å². The highest BCUT2D eigenvalue weighted by atomic mass is 35.5. The molecule has 0 amide bonds. The summed E-state index contributed by atoms with van der Waals surface area (Å²) < 4.78 is 16.2. The van der Waals surface area contributed by atoms with Gasteiger partial charge >= 0.3 is 0 Å². The summed E-state index contributed by atoms with van der Waals surface area (Å²) in [5.41, 5.74) is 17.0. The van der Waals surface area contributed by atoms with E-state index in [0.717, 1.165) is 54.2 Å². The van der Waals surface area contributed by atoms with E-state index in [-0.39, 0.29) is 11.9 Å². The highest BCUT2D eigenvalue weighted by molar-refractivity contribution is 6.31. The number of nitrogens with one attached hydrogen (secondary N) is 1. The Kier molecular flexibility index (Phi) is 6.36. The molecule has 0 bridgehead atoms. The van der Waals surface area contributed by atoms with Crippen molar-refractivity contribution < 1.29 is 4.39 Å². The molecule has 31 heavy (non-hydrogen) atoms. The summed E-state index contributed by atoms with van der Waals surface area (Å²) in [5, 5.41) is 4.00. The first-order chi connectivity index (χ1) is 14.9. The second-order valence-corrected chi connectivity index (χ2v) is 8.83. The third-order valence-electron chi connectivity index (χ3n) is 5.94. The van der Waals surface area contributed by atoms with Crippen LogP contribution < -0.4 is 21.7 Å². The second-order valence-electron chi connectivity index (χ2n) is 8.40. The smallest absolute Gasteiger partial charge is 0.204 e. The molecule has 0 unspecified atom stereocenters. The van der Waals surface area contributed by atoms with Gasteiger partial charge in [0.15, 0.2) is 0 Å². The Morgan fingerprint density at radius 1 is 1.16 bits per heavy atom. The van der Waals surface area contributed by atoms with E-state index in [2.05, 4.69) is 14.8 Å². The Bertz CT molecular complexity index is 1060. The lowest BCUT2D eigenvalue weighted by molar-refractivity contribution is 0.502. The minimum absolute atomic E-state index is 0.158. The molecule has 2 heterocycles. The van der Waals surface area contributed by atoms with Crippen molar-refractivity contribution in [2.75, 3.05) is 36.4 Å². The van der Waals surface area contributed by atoms with Gasteiger partial charge in [-0.05, 0) is 55.5 Å². The van der Waals surface area contributed by atoms with Crippen molar-refractivity contribution >= 4 is 34.3 Å². The average Bonchev–Trinajstić information content (AvgIpc) is 3.07. The minimum atomic E-state index is -0.158. The Balaban J connectivity index is 1.81. The number of nitrogens with zero attached hydrogens (tertiary/aromatic N) is 3. The number of nitrogens with two attached hydrogens (primary N) is 2. The van der Waals surface area contributed by atoms with Gasteiger partial charge in [-0.3, -0.25) is 0 Å². The van der Waals surface area contributed by atoms with E-state index in [1.54, 1.807) is 13.8 Å². The molecule has 1 fully saturated rings. The number of hydrogen-bond acceptors (Lipinski definition) is 5. The second kappa shape index (κ2) is 9.02. The number of rotatable bonds is 6. The molecular formula is C23H30ClFN6. The Morgan fingerprint density at radius 3 is 2.48 bits per heavy atom. The van der Waals surface area contributed by atoms with Crippen molar-refractivity contribution in [3.8, 4) is 0 Å². The first kappa shape index (κ1) is 21.9. The van der Waals surface area contributed by atoms with Crippen LogP contribution in [-0.4, -0.2) is 41.8 Å².